The number of carbonyl (C=O) groups is 1. The summed E-state index contributed by atoms with van der Waals surface area (Å²) < 4.78 is 6.96. The highest BCUT2D eigenvalue weighted by atomic mass is 16.6. The number of amides is 1. The first-order valence-electron chi connectivity index (χ1n) is 5.38. The van der Waals surface area contributed by atoms with Crippen LogP contribution in [-0.4, -0.2) is 41.1 Å². The molecule has 16 heavy (non-hydrogen) atoms. The number of aryl methyl sites for hydroxylation is 1. The molecule has 0 saturated carbocycles. The third kappa shape index (κ3) is 2.33. The summed E-state index contributed by atoms with van der Waals surface area (Å²) in [7, 11) is 1.74. The molecule has 0 atom stereocenters. The van der Waals surface area contributed by atoms with Gasteiger partial charge in [-0.15, -0.1) is 0 Å². The standard InChI is InChI=1S/C10H16N4O2/c1-11-8-16-10(15)13-5-2-6-14-9(7-13)3-4-12-14/h3-4,11H,2,5-8H2,1H3. The minimum Gasteiger partial charge on any atom is -0.433 e. The van der Waals surface area contributed by atoms with Crippen molar-refractivity contribution in [2.24, 2.45) is 0 Å². The monoisotopic (exact) mass is 224 g/mol. The quantitative estimate of drug-likeness (QED) is 0.739. The Morgan fingerprint density at radius 3 is 3.31 bits per heavy atom. The Morgan fingerprint density at radius 1 is 1.62 bits per heavy atom. The minimum absolute atomic E-state index is 0.245. The van der Waals surface area contributed by atoms with Crippen LogP contribution in [0.3, 0.4) is 0 Å². The molecular formula is C10H16N4O2. The average Bonchev–Trinajstić information content (AvgIpc) is 2.63. The number of nitrogens with zero attached hydrogens (tertiary/aromatic N) is 3. The van der Waals surface area contributed by atoms with Gasteiger partial charge in [0, 0.05) is 19.3 Å². The molecule has 1 aliphatic rings. The van der Waals surface area contributed by atoms with Gasteiger partial charge in [0.1, 0.15) is 6.73 Å². The lowest BCUT2D eigenvalue weighted by Gasteiger charge is -2.19. The molecule has 1 aliphatic heterocycles. The zero-order valence-electron chi connectivity index (χ0n) is 9.35. The van der Waals surface area contributed by atoms with E-state index in [0.717, 1.165) is 18.7 Å². The smallest absolute Gasteiger partial charge is 0.411 e. The summed E-state index contributed by atoms with van der Waals surface area (Å²) >= 11 is 0. The van der Waals surface area contributed by atoms with Gasteiger partial charge in [0.05, 0.1) is 12.2 Å². The van der Waals surface area contributed by atoms with Crippen LogP contribution in [0.4, 0.5) is 4.79 Å². The molecular weight excluding hydrogens is 208 g/mol. The minimum atomic E-state index is -0.274. The molecule has 0 aromatic carbocycles. The average molecular weight is 224 g/mol. The van der Waals surface area contributed by atoms with Gasteiger partial charge in [-0.3, -0.25) is 10.00 Å². The number of carbonyl (C=O) groups excluding carboxylic acids is 1. The van der Waals surface area contributed by atoms with E-state index in [1.54, 1.807) is 18.1 Å². The van der Waals surface area contributed by atoms with E-state index in [4.69, 9.17) is 4.74 Å². The lowest BCUT2D eigenvalue weighted by molar-refractivity contribution is 0.0952. The molecule has 1 amide bonds. The van der Waals surface area contributed by atoms with Gasteiger partial charge in [0.15, 0.2) is 0 Å². The van der Waals surface area contributed by atoms with Gasteiger partial charge in [-0.05, 0) is 19.5 Å². The predicted molar refractivity (Wildman–Crippen MR) is 57.7 cm³/mol. The van der Waals surface area contributed by atoms with Crippen molar-refractivity contribution in [2.75, 3.05) is 20.3 Å². The van der Waals surface area contributed by atoms with Crippen LogP contribution in [0.5, 0.6) is 0 Å². The summed E-state index contributed by atoms with van der Waals surface area (Å²) in [6, 6.07) is 1.93. The van der Waals surface area contributed by atoms with Gasteiger partial charge in [-0.2, -0.15) is 5.10 Å². The van der Waals surface area contributed by atoms with Crippen LogP contribution in [0.1, 0.15) is 12.1 Å². The van der Waals surface area contributed by atoms with E-state index in [-0.39, 0.29) is 12.8 Å². The van der Waals surface area contributed by atoms with Crippen molar-refractivity contribution in [3.63, 3.8) is 0 Å². The fourth-order valence-electron chi connectivity index (χ4n) is 1.76. The number of ether oxygens (including phenoxy) is 1. The van der Waals surface area contributed by atoms with Crippen molar-refractivity contribution in [1.82, 2.24) is 20.0 Å². The zero-order valence-corrected chi connectivity index (χ0v) is 9.35. The fraction of sp³-hybridized carbons (Fsp3) is 0.600. The molecule has 2 rings (SSSR count). The van der Waals surface area contributed by atoms with Gasteiger partial charge in [-0.1, -0.05) is 0 Å². The molecule has 6 nitrogen and oxygen atoms in total. The summed E-state index contributed by atoms with van der Waals surface area (Å²) in [5.74, 6) is 0. The maximum Gasteiger partial charge on any atom is 0.411 e. The predicted octanol–water partition coefficient (Wildman–Crippen LogP) is 0.402. The Bertz CT molecular complexity index is 363. The molecule has 1 aromatic heterocycles. The topological polar surface area (TPSA) is 59.4 Å². The molecule has 0 saturated heterocycles. The van der Waals surface area contributed by atoms with E-state index < -0.39 is 0 Å². The zero-order chi connectivity index (χ0) is 11.4. The molecule has 2 heterocycles. The van der Waals surface area contributed by atoms with Crippen molar-refractivity contribution in [1.29, 1.82) is 0 Å². The third-order valence-corrected chi connectivity index (χ3v) is 2.55. The second-order valence-electron chi connectivity index (χ2n) is 3.73. The van der Waals surface area contributed by atoms with Crippen molar-refractivity contribution < 1.29 is 9.53 Å². The Kier molecular flexibility index (Phi) is 3.40. The number of nitrogens with one attached hydrogen (secondary N) is 1. The number of rotatable bonds is 2. The summed E-state index contributed by atoms with van der Waals surface area (Å²) in [5.41, 5.74) is 1.05. The highest BCUT2D eigenvalue weighted by Gasteiger charge is 2.19. The summed E-state index contributed by atoms with van der Waals surface area (Å²) in [6.07, 6.45) is 2.39. The summed E-state index contributed by atoms with van der Waals surface area (Å²) in [5, 5.41) is 6.98. The molecule has 6 heteroatoms. The van der Waals surface area contributed by atoms with Crippen LogP contribution in [0.2, 0.25) is 0 Å². The first-order valence-corrected chi connectivity index (χ1v) is 5.38. The van der Waals surface area contributed by atoms with E-state index in [2.05, 4.69) is 10.4 Å². The second-order valence-corrected chi connectivity index (χ2v) is 3.73. The van der Waals surface area contributed by atoms with E-state index >= 15 is 0 Å². The highest BCUT2D eigenvalue weighted by molar-refractivity contribution is 5.67. The number of fused-ring (bicyclic) bond motifs is 1. The molecule has 0 aliphatic carbocycles. The van der Waals surface area contributed by atoms with Crippen LogP contribution < -0.4 is 5.32 Å². The molecule has 0 spiro atoms. The number of aromatic nitrogens is 2. The first-order chi connectivity index (χ1) is 7.81. The van der Waals surface area contributed by atoms with E-state index in [9.17, 15) is 4.79 Å². The van der Waals surface area contributed by atoms with E-state index in [1.807, 2.05) is 10.7 Å². The second kappa shape index (κ2) is 4.98. The van der Waals surface area contributed by atoms with Crippen molar-refractivity contribution >= 4 is 6.09 Å². The largest absolute Gasteiger partial charge is 0.433 e. The maximum absolute atomic E-state index is 11.7. The number of hydrogen-bond donors (Lipinski definition) is 1. The SMILES string of the molecule is CNCOC(=O)N1CCCn2nccc2C1. The molecule has 1 aromatic rings. The normalized spacial score (nSPS) is 15.4. The molecule has 0 fully saturated rings. The van der Waals surface area contributed by atoms with Crippen LogP contribution in [0.25, 0.3) is 0 Å². The maximum atomic E-state index is 11.7. The first kappa shape index (κ1) is 10.9. The molecule has 88 valence electrons. The van der Waals surface area contributed by atoms with Crippen LogP contribution in [0.15, 0.2) is 12.3 Å². The Labute approximate surface area is 94.2 Å². The Hall–Kier alpha value is -1.56. The third-order valence-electron chi connectivity index (χ3n) is 2.55. The fourth-order valence-corrected chi connectivity index (χ4v) is 1.76. The van der Waals surface area contributed by atoms with Crippen molar-refractivity contribution in [2.45, 2.75) is 19.5 Å². The highest BCUT2D eigenvalue weighted by Crippen LogP contribution is 2.11. The Morgan fingerprint density at radius 2 is 2.50 bits per heavy atom. The van der Waals surface area contributed by atoms with Crippen LogP contribution in [0, 0.1) is 0 Å². The Balaban J connectivity index is 1.99. The van der Waals surface area contributed by atoms with Gasteiger partial charge < -0.3 is 9.64 Å². The van der Waals surface area contributed by atoms with Gasteiger partial charge >= 0.3 is 6.09 Å². The lowest BCUT2D eigenvalue weighted by atomic mass is 10.4. The number of hydrogen-bond acceptors (Lipinski definition) is 4. The summed E-state index contributed by atoms with van der Waals surface area (Å²) in [6.45, 7) is 2.39. The molecule has 0 radical (unpaired) electrons. The van der Waals surface area contributed by atoms with Gasteiger partial charge in [0.2, 0.25) is 0 Å². The van der Waals surface area contributed by atoms with Gasteiger partial charge in [-0.25, -0.2) is 4.79 Å². The molecule has 1 N–H and O–H groups in total. The van der Waals surface area contributed by atoms with Gasteiger partial charge in [0.25, 0.3) is 0 Å². The van der Waals surface area contributed by atoms with Crippen molar-refractivity contribution in [3.05, 3.63) is 18.0 Å². The molecule has 0 bridgehead atoms. The van der Waals surface area contributed by atoms with Crippen molar-refractivity contribution in [3.8, 4) is 0 Å². The summed E-state index contributed by atoms with van der Waals surface area (Å²) in [4.78, 5) is 13.4. The van der Waals surface area contributed by atoms with E-state index in [0.29, 0.717) is 13.1 Å². The van der Waals surface area contributed by atoms with Crippen LogP contribution >= 0.6 is 0 Å². The molecule has 0 unspecified atom stereocenters. The van der Waals surface area contributed by atoms with Crippen LogP contribution in [-0.2, 0) is 17.8 Å². The lowest BCUT2D eigenvalue weighted by Crippen LogP contribution is -2.33. The van der Waals surface area contributed by atoms with E-state index in [1.165, 1.54) is 0 Å².